The van der Waals surface area contributed by atoms with E-state index in [1.807, 2.05) is 17.5 Å². The summed E-state index contributed by atoms with van der Waals surface area (Å²) in [6.45, 7) is 7.04. The molecule has 2 aliphatic heterocycles. The largest absolute Gasteiger partial charge is 0.370 e. The molecule has 2 atom stereocenters. The predicted octanol–water partition coefficient (Wildman–Crippen LogP) is 5.23. The van der Waals surface area contributed by atoms with Crippen molar-refractivity contribution in [1.29, 1.82) is 0 Å². The Morgan fingerprint density at radius 1 is 1.09 bits per heavy atom. The van der Waals surface area contributed by atoms with Gasteiger partial charge in [0.15, 0.2) is 0 Å². The van der Waals surface area contributed by atoms with Gasteiger partial charge in [0.2, 0.25) is 0 Å². The lowest BCUT2D eigenvalue weighted by atomic mass is 9.89. The molecule has 33 heavy (non-hydrogen) atoms. The average molecular weight is 458 g/mol. The van der Waals surface area contributed by atoms with E-state index >= 15 is 0 Å². The van der Waals surface area contributed by atoms with Crippen LogP contribution >= 0.6 is 11.3 Å². The maximum absolute atomic E-state index is 5.11. The van der Waals surface area contributed by atoms with Gasteiger partial charge in [-0.25, -0.2) is 9.97 Å². The first-order chi connectivity index (χ1) is 16.2. The van der Waals surface area contributed by atoms with Crippen molar-refractivity contribution >= 4 is 27.2 Å². The molecule has 0 bridgehead atoms. The first-order valence-electron chi connectivity index (χ1n) is 12.1. The number of piperidine rings is 1. The van der Waals surface area contributed by atoms with Gasteiger partial charge in [-0.15, -0.1) is 11.3 Å². The third-order valence-corrected chi connectivity index (χ3v) is 8.69. The quantitative estimate of drug-likeness (QED) is 0.446. The summed E-state index contributed by atoms with van der Waals surface area (Å²) in [7, 11) is 2.27. The first kappa shape index (κ1) is 20.9. The minimum atomic E-state index is 0.780. The Balaban J connectivity index is 1.35. The highest BCUT2D eigenvalue weighted by molar-refractivity contribution is 7.19. The van der Waals surface area contributed by atoms with Crippen molar-refractivity contribution in [2.75, 3.05) is 38.1 Å². The Hall–Kier alpha value is -2.70. The predicted molar refractivity (Wildman–Crippen MR) is 137 cm³/mol. The molecule has 0 saturated carbocycles. The summed E-state index contributed by atoms with van der Waals surface area (Å²) in [6.07, 6.45) is 6.88. The Morgan fingerprint density at radius 3 is 2.73 bits per heavy atom. The molecule has 170 valence electrons. The molecule has 4 aromatic rings. The molecular weight excluding hydrogens is 426 g/mol. The van der Waals surface area contributed by atoms with Crippen LogP contribution < -0.4 is 4.90 Å². The van der Waals surface area contributed by atoms with Crippen LogP contribution in [-0.4, -0.2) is 53.1 Å². The topological polar surface area (TPSA) is 48.1 Å². The minimum absolute atomic E-state index is 0.780. The van der Waals surface area contributed by atoms with Crippen molar-refractivity contribution in [2.45, 2.75) is 26.2 Å². The maximum Gasteiger partial charge on any atom is 0.0921 e. The van der Waals surface area contributed by atoms with E-state index in [0.717, 1.165) is 48.1 Å². The first-order valence-corrected chi connectivity index (χ1v) is 12.9. The summed E-state index contributed by atoms with van der Waals surface area (Å²) < 4.78 is 1.36. The molecule has 2 aliphatic rings. The van der Waals surface area contributed by atoms with Crippen LogP contribution in [0.2, 0.25) is 0 Å². The van der Waals surface area contributed by atoms with Crippen LogP contribution in [0.15, 0.2) is 48.9 Å². The number of hydrogen-bond acceptors (Lipinski definition) is 5. The molecule has 2 fully saturated rings. The number of H-pyrrole nitrogens is 1. The molecule has 3 aromatic heterocycles. The number of imidazole rings is 1. The van der Waals surface area contributed by atoms with Crippen molar-refractivity contribution in [2.24, 2.45) is 11.8 Å². The molecule has 5 heterocycles. The normalized spacial score (nSPS) is 21.1. The van der Waals surface area contributed by atoms with E-state index < -0.39 is 0 Å². The monoisotopic (exact) mass is 457 g/mol. The summed E-state index contributed by atoms with van der Waals surface area (Å²) in [5.41, 5.74) is 7.22. The third kappa shape index (κ3) is 4.06. The van der Waals surface area contributed by atoms with Crippen LogP contribution in [0.25, 0.3) is 21.5 Å². The van der Waals surface area contributed by atoms with Gasteiger partial charge in [-0.3, -0.25) is 0 Å². The SMILES string of the molecule is CCc1cc2nc(-c3ccc(Cc4cnc[nH]4)cc3)cc(N3CC4CCN(C)CC4C3)c2s1. The van der Waals surface area contributed by atoms with Gasteiger partial charge in [0.1, 0.15) is 0 Å². The number of thiophene rings is 1. The van der Waals surface area contributed by atoms with Crippen LogP contribution in [0.4, 0.5) is 5.69 Å². The van der Waals surface area contributed by atoms with Gasteiger partial charge < -0.3 is 14.8 Å². The Kier molecular flexibility index (Phi) is 5.43. The van der Waals surface area contributed by atoms with Gasteiger partial charge in [0.25, 0.3) is 0 Å². The van der Waals surface area contributed by atoms with E-state index in [9.17, 15) is 0 Å². The zero-order chi connectivity index (χ0) is 22.4. The number of fused-ring (bicyclic) bond motifs is 2. The van der Waals surface area contributed by atoms with Gasteiger partial charge >= 0.3 is 0 Å². The Morgan fingerprint density at radius 2 is 1.94 bits per heavy atom. The van der Waals surface area contributed by atoms with Gasteiger partial charge in [-0.2, -0.15) is 0 Å². The van der Waals surface area contributed by atoms with Crippen LogP contribution in [0.5, 0.6) is 0 Å². The second-order valence-electron chi connectivity index (χ2n) is 9.73. The number of aryl methyl sites for hydroxylation is 1. The fraction of sp³-hybridized carbons (Fsp3) is 0.407. The summed E-state index contributed by atoms with van der Waals surface area (Å²) in [6, 6.07) is 13.5. The summed E-state index contributed by atoms with van der Waals surface area (Å²) in [5, 5.41) is 0. The standard InChI is InChI=1S/C27H31N5S/c1-3-23-11-25-27(33-23)26(32-15-20-8-9-31(2)14-21(20)16-32)12-24(30-25)19-6-4-18(5-7-19)10-22-13-28-17-29-22/h4-7,11-13,17,20-21H,3,8-10,14-16H2,1-2H3,(H,28,29). The third-order valence-electron chi connectivity index (χ3n) is 7.40. The van der Waals surface area contributed by atoms with E-state index in [1.165, 1.54) is 52.4 Å². The lowest BCUT2D eigenvalue weighted by Crippen LogP contribution is -2.37. The smallest absolute Gasteiger partial charge is 0.0921 e. The summed E-state index contributed by atoms with van der Waals surface area (Å²) >= 11 is 1.93. The highest BCUT2D eigenvalue weighted by Crippen LogP contribution is 2.41. The number of aromatic amines is 1. The van der Waals surface area contributed by atoms with E-state index in [0.29, 0.717) is 0 Å². The van der Waals surface area contributed by atoms with E-state index in [1.54, 1.807) is 6.33 Å². The molecule has 6 heteroatoms. The van der Waals surface area contributed by atoms with Crippen molar-refractivity contribution in [3.8, 4) is 11.3 Å². The molecule has 1 N–H and O–H groups in total. The van der Waals surface area contributed by atoms with E-state index in [-0.39, 0.29) is 0 Å². The second-order valence-corrected chi connectivity index (χ2v) is 10.9. The molecule has 5 nitrogen and oxygen atoms in total. The molecule has 2 saturated heterocycles. The summed E-state index contributed by atoms with van der Waals surface area (Å²) in [5.74, 6) is 1.60. The number of rotatable bonds is 5. The number of aromatic nitrogens is 3. The fourth-order valence-corrected chi connectivity index (χ4v) is 6.63. The highest BCUT2D eigenvalue weighted by Gasteiger charge is 2.37. The molecule has 1 aromatic carbocycles. The van der Waals surface area contributed by atoms with E-state index in [2.05, 4.69) is 70.1 Å². The van der Waals surface area contributed by atoms with Crippen molar-refractivity contribution in [1.82, 2.24) is 19.9 Å². The number of pyridine rings is 1. The van der Waals surface area contributed by atoms with Gasteiger partial charge in [0, 0.05) is 48.4 Å². The zero-order valence-electron chi connectivity index (χ0n) is 19.4. The minimum Gasteiger partial charge on any atom is -0.370 e. The number of anilines is 1. The average Bonchev–Trinajstić information content (AvgIpc) is 3.57. The number of likely N-dealkylation sites (tertiary alicyclic amines) is 1. The molecule has 6 rings (SSSR count). The molecule has 0 amide bonds. The molecule has 2 unspecified atom stereocenters. The molecular formula is C27H31N5S. The summed E-state index contributed by atoms with van der Waals surface area (Å²) in [4.78, 5) is 19.0. The second kappa shape index (κ2) is 8.58. The van der Waals surface area contributed by atoms with E-state index in [4.69, 9.17) is 4.98 Å². The van der Waals surface area contributed by atoms with Gasteiger partial charge in [-0.05, 0) is 56.0 Å². The van der Waals surface area contributed by atoms with Crippen molar-refractivity contribution in [3.63, 3.8) is 0 Å². The number of nitrogens with one attached hydrogen (secondary N) is 1. The Bertz CT molecular complexity index is 1240. The molecule has 0 spiro atoms. The van der Waals surface area contributed by atoms with Crippen LogP contribution in [0.3, 0.4) is 0 Å². The number of hydrogen-bond donors (Lipinski definition) is 1. The lowest BCUT2D eigenvalue weighted by molar-refractivity contribution is 0.178. The van der Waals surface area contributed by atoms with Gasteiger partial charge in [-0.1, -0.05) is 31.2 Å². The molecule has 0 aliphatic carbocycles. The zero-order valence-corrected chi connectivity index (χ0v) is 20.2. The van der Waals surface area contributed by atoms with Crippen molar-refractivity contribution < 1.29 is 0 Å². The fourth-order valence-electron chi connectivity index (χ4n) is 5.55. The van der Waals surface area contributed by atoms with Crippen LogP contribution in [0.1, 0.15) is 29.5 Å². The highest BCUT2D eigenvalue weighted by atomic mass is 32.1. The number of benzene rings is 1. The number of nitrogens with zero attached hydrogens (tertiary/aromatic N) is 4. The van der Waals surface area contributed by atoms with Crippen LogP contribution in [-0.2, 0) is 12.8 Å². The molecule has 0 radical (unpaired) electrons. The maximum atomic E-state index is 5.11. The van der Waals surface area contributed by atoms with Gasteiger partial charge in [0.05, 0.1) is 27.9 Å². The lowest BCUT2D eigenvalue weighted by Gasteiger charge is -2.31. The Labute approximate surface area is 199 Å². The van der Waals surface area contributed by atoms with Crippen molar-refractivity contribution in [3.05, 3.63) is 65.1 Å². The van der Waals surface area contributed by atoms with Crippen LogP contribution in [0, 0.1) is 11.8 Å².